The Kier molecular flexibility index (Phi) is 4.03. The summed E-state index contributed by atoms with van der Waals surface area (Å²) in [5, 5.41) is 0. The van der Waals surface area contributed by atoms with Crippen LogP contribution in [0, 0.1) is 11.8 Å². The molecule has 2 aliphatic carbocycles. The SMILES string of the molecule is CC(C(=O)N(C1CC1)C(C)C1CC1)C(N)c1ccccc1. The number of hydrogen-bond acceptors (Lipinski definition) is 2. The van der Waals surface area contributed by atoms with E-state index in [0.717, 1.165) is 24.3 Å². The summed E-state index contributed by atoms with van der Waals surface area (Å²) < 4.78 is 0. The molecule has 21 heavy (non-hydrogen) atoms. The van der Waals surface area contributed by atoms with Crippen molar-refractivity contribution in [2.24, 2.45) is 17.6 Å². The number of nitrogens with zero attached hydrogens (tertiary/aromatic N) is 1. The number of benzene rings is 1. The van der Waals surface area contributed by atoms with E-state index in [-0.39, 0.29) is 17.9 Å². The molecule has 1 aromatic carbocycles. The summed E-state index contributed by atoms with van der Waals surface area (Å²) in [4.78, 5) is 15.1. The Morgan fingerprint density at radius 1 is 1.14 bits per heavy atom. The molecule has 114 valence electrons. The van der Waals surface area contributed by atoms with Crippen LogP contribution in [0.2, 0.25) is 0 Å². The summed E-state index contributed by atoms with van der Waals surface area (Å²) in [6.45, 7) is 4.20. The van der Waals surface area contributed by atoms with Crippen molar-refractivity contribution in [2.75, 3.05) is 0 Å². The van der Waals surface area contributed by atoms with E-state index in [4.69, 9.17) is 5.73 Å². The Morgan fingerprint density at radius 3 is 2.29 bits per heavy atom. The number of nitrogens with two attached hydrogens (primary N) is 1. The standard InChI is InChI=1S/C18H26N2O/c1-12(17(19)15-6-4-3-5-7-15)18(21)20(16-10-11-16)13(2)14-8-9-14/h3-7,12-14,16-17H,8-11,19H2,1-2H3. The molecule has 0 saturated heterocycles. The lowest BCUT2D eigenvalue weighted by Gasteiger charge is -2.33. The van der Waals surface area contributed by atoms with E-state index in [1.165, 1.54) is 12.8 Å². The van der Waals surface area contributed by atoms with Crippen LogP contribution in [0.25, 0.3) is 0 Å². The van der Waals surface area contributed by atoms with Gasteiger partial charge in [-0.05, 0) is 44.1 Å². The fourth-order valence-electron chi connectivity index (χ4n) is 3.22. The molecule has 3 heteroatoms. The van der Waals surface area contributed by atoms with E-state index in [1.807, 2.05) is 37.3 Å². The van der Waals surface area contributed by atoms with Gasteiger partial charge in [0.15, 0.2) is 0 Å². The molecule has 3 unspecified atom stereocenters. The topological polar surface area (TPSA) is 46.3 Å². The quantitative estimate of drug-likeness (QED) is 0.873. The highest BCUT2D eigenvalue weighted by Gasteiger charge is 2.43. The van der Waals surface area contributed by atoms with Crippen molar-refractivity contribution in [3.05, 3.63) is 35.9 Å². The number of hydrogen-bond donors (Lipinski definition) is 1. The van der Waals surface area contributed by atoms with Crippen molar-refractivity contribution in [1.82, 2.24) is 4.90 Å². The molecule has 2 saturated carbocycles. The first-order chi connectivity index (χ1) is 10.1. The van der Waals surface area contributed by atoms with Gasteiger partial charge in [-0.15, -0.1) is 0 Å². The zero-order chi connectivity index (χ0) is 15.0. The van der Waals surface area contributed by atoms with Gasteiger partial charge in [-0.1, -0.05) is 37.3 Å². The van der Waals surface area contributed by atoms with E-state index < -0.39 is 0 Å². The first-order valence-corrected chi connectivity index (χ1v) is 8.22. The molecule has 0 heterocycles. The van der Waals surface area contributed by atoms with E-state index in [2.05, 4.69) is 11.8 Å². The minimum atomic E-state index is -0.216. The van der Waals surface area contributed by atoms with Crippen LogP contribution in [0.5, 0.6) is 0 Å². The van der Waals surface area contributed by atoms with Crippen molar-refractivity contribution >= 4 is 5.91 Å². The summed E-state index contributed by atoms with van der Waals surface area (Å²) in [5.41, 5.74) is 7.39. The van der Waals surface area contributed by atoms with Crippen molar-refractivity contribution in [3.63, 3.8) is 0 Å². The van der Waals surface area contributed by atoms with Gasteiger partial charge in [0, 0.05) is 18.1 Å². The molecule has 0 aromatic heterocycles. The van der Waals surface area contributed by atoms with E-state index >= 15 is 0 Å². The van der Waals surface area contributed by atoms with Gasteiger partial charge in [0.25, 0.3) is 0 Å². The molecule has 2 fully saturated rings. The summed E-state index contributed by atoms with van der Waals surface area (Å²) in [6, 6.07) is 10.6. The van der Waals surface area contributed by atoms with E-state index in [9.17, 15) is 4.79 Å². The molecular weight excluding hydrogens is 260 g/mol. The average molecular weight is 286 g/mol. The van der Waals surface area contributed by atoms with Gasteiger partial charge >= 0.3 is 0 Å². The van der Waals surface area contributed by atoms with Crippen LogP contribution < -0.4 is 5.73 Å². The Labute approximate surface area is 127 Å². The van der Waals surface area contributed by atoms with Crippen LogP contribution in [0.15, 0.2) is 30.3 Å². The largest absolute Gasteiger partial charge is 0.336 e. The van der Waals surface area contributed by atoms with Crippen molar-refractivity contribution < 1.29 is 4.79 Å². The van der Waals surface area contributed by atoms with Gasteiger partial charge in [0.05, 0.1) is 5.92 Å². The zero-order valence-electron chi connectivity index (χ0n) is 13.0. The molecule has 0 radical (unpaired) electrons. The predicted molar refractivity (Wildman–Crippen MR) is 84.6 cm³/mol. The maximum atomic E-state index is 13.0. The van der Waals surface area contributed by atoms with Crippen molar-refractivity contribution in [3.8, 4) is 0 Å². The maximum Gasteiger partial charge on any atom is 0.227 e. The minimum Gasteiger partial charge on any atom is -0.336 e. The second-order valence-corrected chi connectivity index (χ2v) is 6.78. The highest BCUT2D eigenvalue weighted by molar-refractivity contribution is 5.80. The van der Waals surface area contributed by atoms with Crippen LogP contribution in [-0.4, -0.2) is 22.9 Å². The Morgan fingerprint density at radius 2 is 1.76 bits per heavy atom. The zero-order valence-corrected chi connectivity index (χ0v) is 13.0. The first kappa shape index (κ1) is 14.6. The van der Waals surface area contributed by atoms with Gasteiger partial charge in [-0.2, -0.15) is 0 Å². The lowest BCUT2D eigenvalue weighted by Crippen LogP contribution is -2.46. The third-order valence-corrected chi connectivity index (χ3v) is 5.05. The van der Waals surface area contributed by atoms with Gasteiger partial charge in [0.1, 0.15) is 0 Å². The lowest BCUT2D eigenvalue weighted by atomic mass is 9.93. The van der Waals surface area contributed by atoms with E-state index in [0.29, 0.717) is 12.1 Å². The number of carbonyl (C=O) groups is 1. The molecule has 1 aromatic rings. The summed E-state index contributed by atoms with van der Waals surface area (Å²) in [6.07, 6.45) is 4.87. The molecule has 1 amide bonds. The fourth-order valence-corrected chi connectivity index (χ4v) is 3.22. The fraction of sp³-hybridized carbons (Fsp3) is 0.611. The third-order valence-electron chi connectivity index (χ3n) is 5.05. The van der Waals surface area contributed by atoms with Crippen molar-refractivity contribution in [1.29, 1.82) is 0 Å². The predicted octanol–water partition coefficient (Wildman–Crippen LogP) is 3.11. The monoisotopic (exact) mass is 286 g/mol. The summed E-state index contributed by atoms with van der Waals surface area (Å²) in [5.74, 6) is 0.803. The molecule has 3 rings (SSSR count). The van der Waals surface area contributed by atoms with Crippen LogP contribution in [0.3, 0.4) is 0 Å². The second kappa shape index (κ2) is 5.80. The molecule has 2 N–H and O–H groups in total. The summed E-state index contributed by atoms with van der Waals surface area (Å²) >= 11 is 0. The molecular formula is C18H26N2O. The highest BCUT2D eigenvalue weighted by atomic mass is 16.2. The van der Waals surface area contributed by atoms with Crippen molar-refractivity contribution in [2.45, 2.75) is 57.7 Å². The number of amides is 1. The minimum absolute atomic E-state index is 0.158. The van der Waals surface area contributed by atoms with Gasteiger partial charge in [-0.25, -0.2) is 0 Å². The Balaban J connectivity index is 1.72. The van der Waals surface area contributed by atoms with Gasteiger partial charge < -0.3 is 10.6 Å². The van der Waals surface area contributed by atoms with Gasteiger partial charge in [-0.3, -0.25) is 4.79 Å². The number of rotatable bonds is 6. The summed E-state index contributed by atoms with van der Waals surface area (Å²) in [7, 11) is 0. The number of carbonyl (C=O) groups excluding carboxylic acids is 1. The second-order valence-electron chi connectivity index (χ2n) is 6.78. The van der Waals surface area contributed by atoms with Crippen LogP contribution in [0.4, 0.5) is 0 Å². The molecule has 3 atom stereocenters. The molecule has 2 aliphatic rings. The normalized spacial score (nSPS) is 22.4. The maximum absolute atomic E-state index is 13.0. The third kappa shape index (κ3) is 3.13. The highest BCUT2D eigenvalue weighted by Crippen LogP contribution is 2.41. The Bertz CT molecular complexity index is 493. The molecule has 0 spiro atoms. The average Bonchev–Trinajstić information content (AvgIpc) is 3.39. The lowest BCUT2D eigenvalue weighted by molar-refractivity contribution is -0.139. The van der Waals surface area contributed by atoms with Crippen LogP contribution in [0.1, 0.15) is 51.1 Å². The molecule has 3 nitrogen and oxygen atoms in total. The first-order valence-electron chi connectivity index (χ1n) is 8.22. The van der Waals surface area contributed by atoms with Crippen LogP contribution >= 0.6 is 0 Å². The smallest absolute Gasteiger partial charge is 0.227 e. The van der Waals surface area contributed by atoms with E-state index in [1.54, 1.807) is 0 Å². The Hall–Kier alpha value is -1.35. The van der Waals surface area contributed by atoms with Gasteiger partial charge in [0.2, 0.25) is 5.91 Å². The molecule has 0 bridgehead atoms. The molecule has 0 aliphatic heterocycles. The van der Waals surface area contributed by atoms with Crippen LogP contribution in [-0.2, 0) is 4.79 Å².